The first-order valence-electron chi connectivity index (χ1n) is 6.49. The molecule has 2 aliphatic rings. The van der Waals surface area contributed by atoms with Crippen molar-refractivity contribution < 1.29 is 9.66 Å². The second kappa shape index (κ2) is 5.84. The monoisotopic (exact) mass is 237 g/mol. The second-order valence-electron chi connectivity index (χ2n) is 4.68. The van der Waals surface area contributed by atoms with Crippen molar-refractivity contribution in [2.75, 3.05) is 6.61 Å². The number of ether oxygens (including phenoxy) is 1. The molecule has 0 N–H and O–H groups in total. The fourth-order valence-electron chi connectivity index (χ4n) is 2.52. The highest BCUT2D eigenvalue weighted by atomic mass is 16.7. The fourth-order valence-corrected chi connectivity index (χ4v) is 2.52. The molecule has 0 aromatic rings. The van der Waals surface area contributed by atoms with E-state index in [9.17, 15) is 10.1 Å². The van der Waals surface area contributed by atoms with E-state index >= 15 is 0 Å². The molecule has 4 heteroatoms. The van der Waals surface area contributed by atoms with Crippen molar-refractivity contribution in [2.45, 2.75) is 51.4 Å². The number of nitro groups is 1. The average Bonchev–Trinajstić information content (AvgIpc) is 2.71. The molecule has 0 saturated heterocycles. The third kappa shape index (κ3) is 3.08. The Kier molecular flexibility index (Phi) is 4.18. The van der Waals surface area contributed by atoms with Crippen LogP contribution in [0.3, 0.4) is 0 Å². The lowest BCUT2D eigenvalue weighted by Crippen LogP contribution is -2.07. The van der Waals surface area contributed by atoms with Crippen LogP contribution in [-0.4, -0.2) is 11.5 Å². The standard InChI is InChI=1S/C13H19NO3/c15-14(16)13-12(9-5-6-10-17-13)11-7-3-1-2-4-8-11/h7H,1-6,8-10H2. The molecule has 0 aromatic heterocycles. The molecule has 1 heterocycles. The van der Waals surface area contributed by atoms with Gasteiger partial charge in [-0.25, -0.2) is 0 Å². The van der Waals surface area contributed by atoms with E-state index in [4.69, 9.17) is 4.74 Å². The SMILES string of the molecule is O=[N+]([O-])C1=C(C2=CCCCCC2)CCCCO1. The normalized spacial score (nSPS) is 22.2. The van der Waals surface area contributed by atoms with E-state index in [1.807, 2.05) is 0 Å². The van der Waals surface area contributed by atoms with Gasteiger partial charge in [-0.15, -0.1) is 0 Å². The maximum absolute atomic E-state index is 11.0. The van der Waals surface area contributed by atoms with Gasteiger partial charge in [0, 0.05) is 0 Å². The Morgan fingerprint density at radius 2 is 1.94 bits per heavy atom. The van der Waals surface area contributed by atoms with Crippen molar-refractivity contribution in [2.24, 2.45) is 0 Å². The van der Waals surface area contributed by atoms with Gasteiger partial charge in [0.25, 0.3) is 0 Å². The van der Waals surface area contributed by atoms with E-state index in [0.717, 1.165) is 49.7 Å². The molecule has 0 radical (unpaired) electrons. The molecule has 0 bridgehead atoms. The predicted molar refractivity (Wildman–Crippen MR) is 65.0 cm³/mol. The first kappa shape index (κ1) is 12.1. The predicted octanol–water partition coefficient (Wildman–Crippen LogP) is 3.57. The summed E-state index contributed by atoms with van der Waals surface area (Å²) in [5.74, 6) is 0.00986. The molecule has 0 amide bonds. The Morgan fingerprint density at radius 1 is 1.12 bits per heavy atom. The first-order chi connectivity index (χ1) is 8.29. The molecule has 0 unspecified atom stereocenters. The summed E-state index contributed by atoms with van der Waals surface area (Å²) in [5, 5.41) is 11.0. The molecule has 1 aliphatic carbocycles. The molecular weight excluding hydrogens is 218 g/mol. The van der Waals surface area contributed by atoms with Crippen molar-refractivity contribution in [3.63, 3.8) is 0 Å². The summed E-state index contributed by atoms with van der Waals surface area (Å²) < 4.78 is 5.31. The highest BCUT2D eigenvalue weighted by molar-refractivity contribution is 5.32. The lowest BCUT2D eigenvalue weighted by atomic mass is 9.97. The summed E-state index contributed by atoms with van der Waals surface area (Å²) in [6.07, 6.45) is 10.5. The highest BCUT2D eigenvalue weighted by Gasteiger charge is 2.25. The molecule has 0 saturated carbocycles. The van der Waals surface area contributed by atoms with Crippen molar-refractivity contribution in [1.82, 2.24) is 0 Å². The third-order valence-electron chi connectivity index (χ3n) is 3.41. The summed E-state index contributed by atoms with van der Waals surface area (Å²) >= 11 is 0. The molecule has 0 aromatic carbocycles. The van der Waals surface area contributed by atoms with Crippen molar-refractivity contribution in [3.05, 3.63) is 33.2 Å². The lowest BCUT2D eigenvalue weighted by molar-refractivity contribution is -0.464. The Hall–Kier alpha value is -1.32. The maximum Gasteiger partial charge on any atom is 0.431 e. The quantitative estimate of drug-likeness (QED) is 0.545. The smallest absolute Gasteiger partial charge is 0.431 e. The van der Waals surface area contributed by atoms with Gasteiger partial charge in [0.15, 0.2) is 0 Å². The molecular formula is C13H19NO3. The van der Waals surface area contributed by atoms with E-state index in [2.05, 4.69) is 6.08 Å². The van der Waals surface area contributed by atoms with Gasteiger partial charge in [0.05, 0.1) is 12.2 Å². The maximum atomic E-state index is 11.0. The Balaban J connectivity index is 2.28. The van der Waals surface area contributed by atoms with E-state index in [0.29, 0.717) is 6.61 Å². The molecule has 1 aliphatic heterocycles. The van der Waals surface area contributed by atoms with Gasteiger partial charge < -0.3 is 4.74 Å². The Morgan fingerprint density at radius 3 is 2.76 bits per heavy atom. The van der Waals surface area contributed by atoms with Crippen LogP contribution in [0.2, 0.25) is 0 Å². The van der Waals surface area contributed by atoms with Crippen LogP contribution in [-0.2, 0) is 4.74 Å². The molecule has 2 rings (SSSR count). The van der Waals surface area contributed by atoms with Gasteiger partial charge in [-0.1, -0.05) is 12.5 Å². The summed E-state index contributed by atoms with van der Waals surface area (Å²) in [6, 6.07) is 0. The van der Waals surface area contributed by atoms with E-state index in [1.165, 1.54) is 12.8 Å². The highest BCUT2D eigenvalue weighted by Crippen LogP contribution is 2.31. The van der Waals surface area contributed by atoms with Crippen LogP contribution in [0, 0.1) is 10.1 Å². The van der Waals surface area contributed by atoms with Gasteiger partial charge in [-0.3, -0.25) is 10.1 Å². The van der Waals surface area contributed by atoms with Gasteiger partial charge >= 0.3 is 5.88 Å². The van der Waals surface area contributed by atoms with Crippen LogP contribution in [0.1, 0.15) is 51.4 Å². The largest absolute Gasteiger partial charge is 0.440 e. The van der Waals surface area contributed by atoms with Gasteiger partial charge in [0.1, 0.15) is 4.92 Å². The van der Waals surface area contributed by atoms with Crippen LogP contribution >= 0.6 is 0 Å². The number of rotatable bonds is 2. The van der Waals surface area contributed by atoms with Crippen LogP contribution in [0.4, 0.5) is 0 Å². The van der Waals surface area contributed by atoms with Crippen LogP contribution in [0.15, 0.2) is 23.1 Å². The zero-order valence-electron chi connectivity index (χ0n) is 10.1. The van der Waals surface area contributed by atoms with E-state index in [-0.39, 0.29) is 10.8 Å². The molecule has 17 heavy (non-hydrogen) atoms. The number of allylic oxidation sites excluding steroid dienone is 3. The Labute approximate surface area is 101 Å². The second-order valence-corrected chi connectivity index (χ2v) is 4.68. The van der Waals surface area contributed by atoms with Crippen LogP contribution in [0.25, 0.3) is 0 Å². The summed E-state index contributed by atoms with van der Waals surface area (Å²) in [7, 11) is 0. The van der Waals surface area contributed by atoms with Crippen molar-refractivity contribution >= 4 is 0 Å². The van der Waals surface area contributed by atoms with Crippen molar-refractivity contribution in [1.29, 1.82) is 0 Å². The van der Waals surface area contributed by atoms with E-state index < -0.39 is 0 Å². The van der Waals surface area contributed by atoms with Gasteiger partial charge in [-0.2, -0.15) is 0 Å². The van der Waals surface area contributed by atoms with Crippen LogP contribution in [0.5, 0.6) is 0 Å². The number of hydrogen-bond donors (Lipinski definition) is 0. The van der Waals surface area contributed by atoms with Crippen molar-refractivity contribution in [3.8, 4) is 0 Å². The summed E-state index contributed by atoms with van der Waals surface area (Å²) in [6.45, 7) is 0.479. The van der Waals surface area contributed by atoms with E-state index in [1.54, 1.807) is 0 Å². The minimum Gasteiger partial charge on any atom is -0.440 e. The van der Waals surface area contributed by atoms with Gasteiger partial charge in [0.2, 0.25) is 0 Å². The minimum absolute atomic E-state index is 0.00986. The topological polar surface area (TPSA) is 52.4 Å². The minimum atomic E-state index is -0.355. The first-order valence-corrected chi connectivity index (χ1v) is 6.49. The lowest BCUT2D eigenvalue weighted by Gasteiger charge is -2.08. The zero-order chi connectivity index (χ0) is 12.1. The molecule has 94 valence electrons. The molecule has 0 spiro atoms. The zero-order valence-corrected chi connectivity index (χ0v) is 10.1. The summed E-state index contributed by atoms with van der Waals surface area (Å²) in [5.41, 5.74) is 2.02. The van der Waals surface area contributed by atoms with Gasteiger partial charge in [-0.05, 0) is 50.5 Å². The number of nitrogens with zero attached hydrogens (tertiary/aromatic N) is 1. The summed E-state index contributed by atoms with van der Waals surface area (Å²) in [4.78, 5) is 10.7. The third-order valence-corrected chi connectivity index (χ3v) is 3.41. The van der Waals surface area contributed by atoms with Crippen LogP contribution < -0.4 is 0 Å². The molecule has 4 nitrogen and oxygen atoms in total. The Bertz CT molecular complexity index is 358. The average molecular weight is 237 g/mol. The number of hydrogen-bond acceptors (Lipinski definition) is 3. The molecule has 0 atom stereocenters. The molecule has 0 fully saturated rings. The fraction of sp³-hybridized carbons (Fsp3) is 0.692.